The number of sulfonamides is 1. The molecule has 226 valence electrons. The van der Waals surface area contributed by atoms with E-state index in [1.54, 1.807) is 19.1 Å². The van der Waals surface area contributed by atoms with Crippen molar-refractivity contribution in [1.29, 1.82) is 0 Å². The molecule has 0 fully saturated rings. The summed E-state index contributed by atoms with van der Waals surface area (Å²) in [7, 11) is -1.45. The van der Waals surface area contributed by atoms with E-state index in [9.17, 15) is 18.0 Å². The van der Waals surface area contributed by atoms with Crippen molar-refractivity contribution in [3.63, 3.8) is 0 Å². The molecule has 0 spiro atoms. The Morgan fingerprint density at radius 3 is 2.14 bits per heavy atom. The standard InChI is InChI=1S/C31H38ClN3O6S/c1-21-10-8-9-11-23(21)19-34(22(2)30(37)33-31(3,4)5)29(36)20-35(25-14-12-24(32)13-15-25)42(38,39)26-16-17-27(40-6)28(18-26)41-7/h8-18,22H,19-20H2,1-7H3,(H,33,37)/t22-/m1/s1. The summed E-state index contributed by atoms with van der Waals surface area (Å²) in [5.74, 6) is -0.345. The van der Waals surface area contributed by atoms with E-state index in [2.05, 4.69) is 5.32 Å². The molecule has 3 aromatic carbocycles. The van der Waals surface area contributed by atoms with Gasteiger partial charge in [-0.05, 0) is 82.1 Å². The average Bonchev–Trinajstić information content (AvgIpc) is 2.94. The second-order valence-electron chi connectivity index (χ2n) is 10.9. The second-order valence-corrected chi connectivity index (χ2v) is 13.2. The molecule has 0 aromatic heterocycles. The fourth-order valence-corrected chi connectivity index (χ4v) is 5.82. The molecule has 9 nitrogen and oxygen atoms in total. The Kier molecular flexibility index (Phi) is 10.5. The van der Waals surface area contributed by atoms with Gasteiger partial charge >= 0.3 is 0 Å². The first-order valence-corrected chi connectivity index (χ1v) is 15.2. The minimum absolute atomic E-state index is 0.105. The molecule has 0 aliphatic rings. The lowest BCUT2D eigenvalue weighted by Gasteiger charge is -2.33. The number of benzene rings is 3. The van der Waals surface area contributed by atoms with E-state index in [0.717, 1.165) is 15.4 Å². The lowest BCUT2D eigenvalue weighted by atomic mass is 10.1. The van der Waals surface area contributed by atoms with Gasteiger partial charge < -0.3 is 19.7 Å². The van der Waals surface area contributed by atoms with Crippen LogP contribution in [-0.2, 0) is 26.2 Å². The number of aryl methyl sites for hydroxylation is 1. The summed E-state index contributed by atoms with van der Waals surface area (Å²) >= 11 is 6.09. The van der Waals surface area contributed by atoms with E-state index in [-0.39, 0.29) is 28.8 Å². The predicted octanol–water partition coefficient (Wildman–Crippen LogP) is 5.19. The van der Waals surface area contributed by atoms with Gasteiger partial charge in [0, 0.05) is 23.2 Å². The van der Waals surface area contributed by atoms with Gasteiger partial charge in [-0.15, -0.1) is 0 Å². The maximum Gasteiger partial charge on any atom is 0.264 e. The maximum absolute atomic E-state index is 14.1. The molecule has 1 atom stereocenters. The van der Waals surface area contributed by atoms with Gasteiger partial charge in [-0.3, -0.25) is 13.9 Å². The fraction of sp³-hybridized carbons (Fsp3) is 0.355. The van der Waals surface area contributed by atoms with Crippen molar-refractivity contribution in [2.24, 2.45) is 0 Å². The topological polar surface area (TPSA) is 105 Å². The van der Waals surface area contributed by atoms with Crippen LogP contribution in [0.15, 0.2) is 71.6 Å². The molecule has 3 aromatic rings. The Labute approximate surface area is 253 Å². The van der Waals surface area contributed by atoms with Crippen LogP contribution in [0.3, 0.4) is 0 Å². The highest BCUT2D eigenvalue weighted by atomic mass is 35.5. The summed E-state index contributed by atoms with van der Waals surface area (Å²) in [4.78, 5) is 28.6. The van der Waals surface area contributed by atoms with Crippen LogP contribution in [0.2, 0.25) is 5.02 Å². The van der Waals surface area contributed by atoms with E-state index >= 15 is 0 Å². The van der Waals surface area contributed by atoms with Crippen LogP contribution in [0.1, 0.15) is 38.8 Å². The second kappa shape index (κ2) is 13.5. The molecule has 0 aliphatic carbocycles. The average molecular weight is 616 g/mol. The van der Waals surface area contributed by atoms with Gasteiger partial charge in [-0.2, -0.15) is 0 Å². The summed E-state index contributed by atoms with van der Waals surface area (Å²) < 4.78 is 39.8. The summed E-state index contributed by atoms with van der Waals surface area (Å²) in [6, 6.07) is 17.0. The lowest BCUT2D eigenvalue weighted by Crippen LogP contribution is -2.54. The van der Waals surface area contributed by atoms with Crippen molar-refractivity contribution in [3.05, 3.63) is 82.9 Å². The minimum Gasteiger partial charge on any atom is -0.493 e. The number of ether oxygens (including phenoxy) is 2. The Balaban J connectivity index is 2.09. The van der Waals surface area contributed by atoms with Crippen LogP contribution in [0.5, 0.6) is 11.5 Å². The van der Waals surface area contributed by atoms with Crippen molar-refractivity contribution in [3.8, 4) is 11.5 Å². The van der Waals surface area contributed by atoms with Crippen LogP contribution in [0, 0.1) is 6.92 Å². The molecule has 3 rings (SSSR count). The molecule has 0 radical (unpaired) electrons. The quantitative estimate of drug-likeness (QED) is 0.318. The molecule has 0 heterocycles. The van der Waals surface area contributed by atoms with Gasteiger partial charge in [-0.25, -0.2) is 8.42 Å². The van der Waals surface area contributed by atoms with Crippen LogP contribution in [-0.4, -0.2) is 57.5 Å². The molecule has 0 saturated heterocycles. The van der Waals surface area contributed by atoms with E-state index < -0.39 is 34.1 Å². The number of nitrogens with one attached hydrogen (secondary N) is 1. The van der Waals surface area contributed by atoms with Crippen molar-refractivity contribution >= 4 is 39.1 Å². The van der Waals surface area contributed by atoms with Gasteiger partial charge in [0.1, 0.15) is 12.6 Å². The van der Waals surface area contributed by atoms with Gasteiger partial charge in [0.15, 0.2) is 11.5 Å². The van der Waals surface area contributed by atoms with Gasteiger partial charge in [0.2, 0.25) is 11.8 Å². The number of hydrogen-bond donors (Lipinski definition) is 1. The third-order valence-corrected chi connectivity index (χ3v) is 8.63. The van der Waals surface area contributed by atoms with Crippen LogP contribution in [0.25, 0.3) is 0 Å². The van der Waals surface area contributed by atoms with Crippen LogP contribution >= 0.6 is 11.6 Å². The van der Waals surface area contributed by atoms with E-state index in [1.807, 2.05) is 52.0 Å². The lowest BCUT2D eigenvalue weighted by molar-refractivity contribution is -0.140. The Morgan fingerprint density at radius 1 is 0.952 bits per heavy atom. The zero-order chi connectivity index (χ0) is 31.2. The molecule has 42 heavy (non-hydrogen) atoms. The highest BCUT2D eigenvalue weighted by molar-refractivity contribution is 7.92. The van der Waals surface area contributed by atoms with Crippen molar-refractivity contribution in [2.75, 3.05) is 25.1 Å². The van der Waals surface area contributed by atoms with Gasteiger partial charge in [-0.1, -0.05) is 35.9 Å². The molecular weight excluding hydrogens is 578 g/mol. The Morgan fingerprint density at radius 2 is 1.57 bits per heavy atom. The molecule has 0 aliphatic heterocycles. The zero-order valence-electron chi connectivity index (χ0n) is 25.0. The fourth-order valence-electron chi connectivity index (χ4n) is 4.27. The third-order valence-electron chi connectivity index (χ3n) is 6.60. The summed E-state index contributed by atoms with van der Waals surface area (Å²) in [6.45, 7) is 8.63. The number of rotatable bonds is 11. The van der Waals surface area contributed by atoms with Crippen LogP contribution < -0.4 is 19.1 Å². The molecule has 0 saturated carbocycles. The van der Waals surface area contributed by atoms with Crippen molar-refractivity contribution < 1.29 is 27.5 Å². The van der Waals surface area contributed by atoms with E-state index in [0.29, 0.717) is 10.8 Å². The largest absolute Gasteiger partial charge is 0.493 e. The number of carbonyl (C=O) groups excluding carboxylic acids is 2. The number of carbonyl (C=O) groups is 2. The normalized spacial score (nSPS) is 12.3. The van der Waals surface area contributed by atoms with Crippen molar-refractivity contribution in [2.45, 2.75) is 57.6 Å². The Hall–Kier alpha value is -3.76. The Bertz CT molecular complexity index is 1520. The van der Waals surface area contributed by atoms with Crippen molar-refractivity contribution in [1.82, 2.24) is 10.2 Å². The van der Waals surface area contributed by atoms with Gasteiger partial charge in [0.05, 0.1) is 24.8 Å². The monoisotopic (exact) mass is 615 g/mol. The number of hydrogen-bond acceptors (Lipinski definition) is 6. The summed E-state index contributed by atoms with van der Waals surface area (Å²) in [5, 5.41) is 3.33. The number of amides is 2. The summed E-state index contributed by atoms with van der Waals surface area (Å²) in [6.07, 6.45) is 0. The number of nitrogens with zero attached hydrogens (tertiary/aromatic N) is 2. The van der Waals surface area contributed by atoms with E-state index in [4.69, 9.17) is 21.1 Å². The molecular formula is C31H38ClN3O6S. The maximum atomic E-state index is 14.1. The number of anilines is 1. The van der Waals surface area contributed by atoms with Gasteiger partial charge in [0.25, 0.3) is 10.0 Å². The highest BCUT2D eigenvalue weighted by Crippen LogP contribution is 2.32. The SMILES string of the molecule is COc1ccc(S(=O)(=O)N(CC(=O)N(Cc2ccccc2C)[C@H](C)C(=O)NC(C)(C)C)c2ccc(Cl)cc2)cc1OC. The zero-order valence-corrected chi connectivity index (χ0v) is 26.5. The molecule has 2 amide bonds. The first-order chi connectivity index (χ1) is 19.7. The number of halogens is 1. The number of methoxy groups -OCH3 is 2. The first-order valence-electron chi connectivity index (χ1n) is 13.3. The minimum atomic E-state index is -4.30. The molecule has 1 N–H and O–H groups in total. The first kappa shape index (κ1) is 32.8. The van der Waals surface area contributed by atoms with Crippen LogP contribution in [0.4, 0.5) is 5.69 Å². The predicted molar refractivity (Wildman–Crippen MR) is 165 cm³/mol. The molecule has 11 heteroatoms. The molecule has 0 bridgehead atoms. The smallest absolute Gasteiger partial charge is 0.264 e. The highest BCUT2D eigenvalue weighted by Gasteiger charge is 2.34. The molecule has 0 unspecified atom stereocenters. The summed E-state index contributed by atoms with van der Waals surface area (Å²) in [5.41, 5.74) is 1.47. The third kappa shape index (κ3) is 7.95. The van der Waals surface area contributed by atoms with E-state index in [1.165, 1.54) is 49.5 Å².